The van der Waals surface area contributed by atoms with E-state index in [1.807, 2.05) is 6.07 Å². The van der Waals surface area contributed by atoms with Gasteiger partial charge in [-0.1, -0.05) is 29.3 Å². The molecular formula is C20H13Cl2N3O3. The summed E-state index contributed by atoms with van der Waals surface area (Å²) in [5.74, 6) is 0.384. The minimum Gasteiger partial charge on any atom is -0.494 e. The van der Waals surface area contributed by atoms with E-state index >= 15 is 0 Å². The van der Waals surface area contributed by atoms with Crippen molar-refractivity contribution in [2.24, 2.45) is 0 Å². The number of fused-ring (bicyclic) bond motifs is 1. The van der Waals surface area contributed by atoms with Gasteiger partial charge in [-0.2, -0.15) is 4.98 Å². The van der Waals surface area contributed by atoms with Crippen molar-refractivity contribution < 1.29 is 13.9 Å². The summed E-state index contributed by atoms with van der Waals surface area (Å²) in [6, 6.07) is 13.7. The van der Waals surface area contributed by atoms with Crippen LogP contribution in [0, 0.1) is 0 Å². The lowest BCUT2D eigenvalue weighted by Gasteiger charge is -2.10. The summed E-state index contributed by atoms with van der Waals surface area (Å²) in [7, 11) is 1.46. The van der Waals surface area contributed by atoms with Gasteiger partial charge in [-0.15, -0.1) is 0 Å². The Labute approximate surface area is 170 Å². The van der Waals surface area contributed by atoms with Crippen LogP contribution in [0.4, 0.5) is 5.69 Å². The van der Waals surface area contributed by atoms with Gasteiger partial charge in [-0.05, 0) is 42.5 Å². The number of benzene rings is 2. The Balaban J connectivity index is 1.60. The Hall–Kier alpha value is -3.09. The van der Waals surface area contributed by atoms with Crippen molar-refractivity contribution in [2.75, 3.05) is 12.4 Å². The third kappa shape index (κ3) is 3.52. The fraction of sp³-hybridized carbons (Fsp3) is 0.0500. The van der Waals surface area contributed by atoms with Crippen molar-refractivity contribution in [3.05, 3.63) is 70.3 Å². The van der Waals surface area contributed by atoms with E-state index in [2.05, 4.69) is 15.3 Å². The summed E-state index contributed by atoms with van der Waals surface area (Å²) < 4.78 is 10.8. The number of carbonyl (C=O) groups is 1. The second-order valence-corrected chi connectivity index (χ2v) is 6.67. The zero-order valence-corrected chi connectivity index (χ0v) is 16.1. The number of hydrogen-bond donors (Lipinski definition) is 1. The van der Waals surface area contributed by atoms with Gasteiger partial charge < -0.3 is 14.5 Å². The first-order valence-electron chi connectivity index (χ1n) is 8.21. The average molecular weight is 414 g/mol. The fourth-order valence-corrected chi connectivity index (χ4v) is 3.35. The molecule has 28 heavy (non-hydrogen) atoms. The average Bonchev–Trinajstić information content (AvgIpc) is 3.12. The molecule has 0 saturated carbocycles. The number of nitrogens with one attached hydrogen (secondary N) is 1. The van der Waals surface area contributed by atoms with E-state index in [4.69, 9.17) is 32.4 Å². The summed E-state index contributed by atoms with van der Waals surface area (Å²) in [4.78, 5) is 21.1. The molecule has 0 radical (unpaired) electrons. The molecule has 2 aromatic carbocycles. The smallest absolute Gasteiger partial charge is 0.255 e. The molecular weight excluding hydrogens is 401 g/mol. The van der Waals surface area contributed by atoms with Crippen LogP contribution in [-0.4, -0.2) is 23.0 Å². The maximum atomic E-state index is 12.6. The van der Waals surface area contributed by atoms with Gasteiger partial charge in [0, 0.05) is 23.0 Å². The number of amides is 1. The van der Waals surface area contributed by atoms with E-state index in [9.17, 15) is 4.79 Å². The van der Waals surface area contributed by atoms with E-state index in [1.165, 1.54) is 19.2 Å². The fourth-order valence-electron chi connectivity index (χ4n) is 2.71. The molecule has 1 amide bonds. The van der Waals surface area contributed by atoms with E-state index in [1.54, 1.807) is 36.5 Å². The van der Waals surface area contributed by atoms with E-state index in [0.717, 1.165) is 0 Å². The van der Waals surface area contributed by atoms with Crippen LogP contribution in [0.15, 0.2) is 59.1 Å². The maximum Gasteiger partial charge on any atom is 0.255 e. The Kier molecular flexibility index (Phi) is 4.90. The van der Waals surface area contributed by atoms with Crippen LogP contribution in [-0.2, 0) is 0 Å². The molecule has 0 spiro atoms. The second kappa shape index (κ2) is 7.50. The lowest BCUT2D eigenvalue weighted by molar-refractivity contribution is 0.102. The van der Waals surface area contributed by atoms with Crippen molar-refractivity contribution in [3.8, 4) is 17.2 Å². The van der Waals surface area contributed by atoms with Crippen molar-refractivity contribution >= 4 is 46.0 Å². The molecule has 0 saturated heterocycles. The predicted octanol–water partition coefficient (Wildman–Crippen LogP) is 5.46. The molecule has 0 aliphatic heterocycles. The summed E-state index contributed by atoms with van der Waals surface area (Å²) in [5, 5.41) is 3.33. The summed E-state index contributed by atoms with van der Waals surface area (Å²) in [5.41, 5.74) is 2.71. The highest BCUT2D eigenvalue weighted by Gasteiger charge is 2.15. The van der Waals surface area contributed by atoms with Crippen LogP contribution in [0.2, 0.25) is 10.0 Å². The number of pyridine rings is 1. The lowest BCUT2D eigenvalue weighted by Crippen LogP contribution is -2.12. The van der Waals surface area contributed by atoms with Gasteiger partial charge in [0.2, 0.25) is 5.89 Å². The van der Waals surface area contributed by atoms with Crippen molar-refractivity contribution in [1.82, 2.24) is 9.97 Å². The second-order valence-electron chi connectivity index (χ2n) is 5.85. The van der Waals surface area contributed by atoms with Crippen molar-refractivity contribution in [2.45, 2.75) is 0 Å². The first-order chi connectivity index (χ1) is 13.5. The van der Waals surface area contributed by atoms with E-state index in [0.29, 0.717) is 39.7 Å². The lowest BCUT2D eigenvalue weighted by atomic mass is 10.1. The number of halogens is 2. The standard InChI is InChI=1S/C20H13Cl2N3O3/c1-27-17-14(21)9-12(10-15(17)22)19(26)24-13-5-2-4-11(8-13)20-25-18-16(28-20)6-3-7-23-18/h2-10H,1H3,(H,24,26). The Morgan fingerprint density at radius 2 is 1.89 bits per heavy atom. The highest BCUT2D eigenvalue weighted by atomic mass is 35.5. The van der Waals surface area contributed by atoms with Gasteiger partial charge in [-0.3, -0.25) is 4.79 Å². The monoisotopic (exact) mass is 413 g/mol. The number of aromatic nitrogens is 2. The summed E-state index contributed by atoms with van der Waals surface area (Å²) >= 11 is 12.2. The molecule has 0 atom stereocenters. The van der Waals surface area contributed by atoms with Gasteiger partial charge in [0.05, 0.1) is 17.2 Å². The Bertz CT molecular complexity index is 1130. The minimum absolute atomic E-state index is 0.257. The molecule has 6 nitrogen and oxygen atoms in total. The van der Waals surface area contributed by atoms with Crippen molar-refractivity contribution in [1.29, 1.82) is 0 Å². The SMILES string of the molecule is COc1c(Cl)cc(C(=O)Nc2cccc(-c3nc4ncccc4o3)c2)cc1Cl. The number of methoxy groups -OCH3 is 1. The Morgan fingerprint density at radius 1 is 1.11 bits per heavy atom. The van der Waals surface area contributed by atoms with Gasteiger partial charge in [0.25, 0.3) is 5.91 Å². The van der Waals surface area contributed by atoms with Crippen LogP contribution in [0.5, 0.6) is 5.75 Å². The number of anilines is 1. The van der Waals surface area contributed by atoms with Crippen LogP contribution < -0.4 is 10.1 Å². The molecule has 8 heteroatoms. The predicted molar refractivity (Wildman–Crippen MR) is 108 cm³/mol. The summed E-state index contributed by atoms with van der Waals surface area (Å²) in [6.45, 7) is 0. The number of nitrogens with zero attached hydrogens (tertiary/aromatic N) is 2. The third-order valence-corrected chi connectivity index (χ3v) is 4.56. The molecule has 1 N–H and O–H groups in total. The quantitative estimate of drug-likeness (QED) is 0.480. The molecule has 4 aromatic rings. The van der Waals surface area contributed by atoms with E-state index < -0.39 is 0 Å². The zero-order chi connectivity index (χ0) is 19.7. The highest BCUT2D eigenvalue weighted by Crippen LogP contribution is 2.34. The minimum atomic E-state index is -0.358. The molecule has 0 unspecified atom stereocenters. The topological polar surface area (TPSA) is 77.2 Å². The van der Waals surface area contributed by atoms with Crippen LogP contribution in [0.3, 0.4) is 0 Å². The maximum absolute atomic E-state index is 12.6. The normalized spacial score (nSPS) is 10.8. The van der Waals surface area contributed by atoms with Crippen molar-refractivity contribution in [3.63, 3.8) is 0 Å². The largest absolute Gasteiger partial charge is 0.494 e. The number of ether oxygens (including phenoxy) is 1. The van der Waals surface area contributed by atoms with Crippen LogP contribution >= 0.6 is 23.2 Å². The van der Waals surface area contributed by atoms with Crippen LogP contribution in [0.1, 0.15) is 10.4 Å². The first kappa shape index (κ1) is 18.3. The molecule has 0 fully saturated rings. The highest BCUT2D eigenvalue weighted by molar-refractivity contribution is 6.37. The molecule has 2 heterocycles. The first-order valence-corrected chi connectivity index (χ1v) is 8.97. The van der Waals surface area contributed by atoms with Gasteiger partial charge >= 0.3 is 0 Å². The van der Waals surface area contributed by atoms with Gasteiger partial charge in [0.1, 0.15) is 0 Å². The molecule has 4 rings (SSSR count). The van der Waals surface area contributed by atoms with Gasteiger partial charge in [0.15, 0.2) is 17.0 Å². The van der Waals surface area contributed by atoms with Gasteiger partial charge in [-0.25, -0.2) is 4.98 Å². The molecule has 0 aliphatic carbocycles. The third-order valence-electron chi connectivity index (χ3n) is 4.00. The summed E-state index contributed by atoms with van der Waals surface area (Å²) in [6.07, 6.45) is 1.65. The number of carbonyl (C=O) groups excluding carboxylic acids is 1. The van der Waals surface area contributed by atoms with E-state index in [-0.39, 0.29) is 16.0 Å². The number of hydrogen-bond acceptors (Lipinski definition) is 5. The molecule has 0 bridgehead atoms. The number of oxazole rings is 1. The number of rotatable bonds is 4. The zero-order valence-electron chi connectivity index (χ0n) is 14.6. The molecule has 140 valence electrons. The molecule has 0 aliphatic rings. The molecule has 2 aromatic heterocycles. The Morgan fingerprint density at radius 3 is 2.61 bits per heavy atom. The van der Waals surface area contributed by atoms with Crippen LogP contribution in [0.25, 0.3) is 22.7 Å².